The first-order valence-electron chi connectivity index (χ1n) is 10.3. The lowest BCUT2D eigenvalue weighted by Crippen LogP contribution is -2.39. The second-order valence-electron chi connectivity index (χ2n) is 8.03. The van der Waals surface area contributed by atoms with Crippen molar-refractivity contribution in [3.8, 4) is 0 Å². The molecule has 27 heavy (non-hydrogen) atoms. The molecule has 0 radical (unpaired) electrons. The minimum Gasteiger partial charge on any atom is -0.339 e. The Balaban J connectivity index is 1.28. The van der Waals surface area contributed by atoms with Crippen LogP contribution in [-0.4, -0.2) is 51.4 Å². The fourth-order valence-electron chi connectivity index (χ4n) is 4.32. The van der Waals surface area contributed by atoms with Crippen molar-refractivity contribution in [3.05, 3.63) is 54.1 Å². The Morgan fingerprint density at radius 1 is 1.00 bits per heavy atom. The van der Waals surface area contributed by atoms with Gasteiger partial charge in [-0.25, -0.2) is 4.98 Å². The quantitative estimate of drug-likeness (QED) is 0.814. The lowest BCUT2D eigenvalue weighted by atomic mass is 9.96. The van der Waals surface area contributed by atoms with E-state index in [9.17, 15) is 4.79 Å². The highest BCUT2D eigenvalue weighted by Gasteiger charge is 2.24. The summed E-state index contributed by atoms with van der Waals surface area (Å²) >= 11 is 0. The van der Waals surface area contributed by atoms with E-state index < -0.39 is 0 Å². The first kappa shape index (κ1) is 18.2. The Morgan fingerprint density at radius 3 is 2.41 bits per heavy atom. The molecule has 0 N–H and O–H groups in total. The summed E-state index contributed by atoms with van der Waals surface area (Å²) in [6.45, 7) is 6.13. The minimum absolute atomic E-state index is 0.181. The van der Waals surface area contributed by atoms with Crippen LogP contribution in [-0.2, 0) is 13.1 Å². The third-order valence-corrected chi connectivity index (χ3v) is 5.99. The van der Waals surface area contributed by atoms with Crippen molar-refractivity contribution in [2.75, 3.05) is 26.2 Å². The lowest BCUT2D eigenvalue weighted by molar-refractivity contribution is 0.0683. The highest BCUT2D eigenvalue weighted by Crippen LogP contribution is 2.21. The van der Waals surface area contributed by atoms with Crippen LogP contribution in [0.3, 0.4) is 0 Å². The number of likely N-dealkylation sites (tertiary alicyclic amines) is 2. The molecule has 3 heterocycles. The Bertz CT molecular complexity index is 711. The fourth-order valence-corrected chi connectivity index (χ4v) is 4.32. The van der Waals surface area contributed by atoms with Crippen molar-refractivity contribution in [3.63, 3.8) is 0 Å². The number of benzene rings is 1. The van der Waals surface area contributed by atoms with Gasteiger partial charge in [0.15, 0.2) is 0 Å². The average molecular weight is 367 g/mol. The van der Waals surface area contributed by atoms with E-state index >= 15 is 0 Å². The molecule has 0 spiro atoms. The Morgan fingerprint density at radius 2 is 1.74 bits per heavy atom. The predicted octanol–water partition coefficient (Wildman–Crippen LogP) is 3.42. The molecule has 0 bridgehead atoms. The first-order valence-corrected chi connectivity index (χ1v) is 10.3. The van der Waals surface area contributed by atoms with Crippen LogP contribution in [0.4, 0.5) is 0 Å². The number of piperidine rings is 2. The largest absolute Gasteiger partial charge is 0.339 e. The molecule has 4 rings (SSSR count). The van der Waals surface area contributed by atoms with Gasteiger partial charge in [-0.3, -0.25) is 9.69 Å². The number of imidazole rings is 1. The highest BCUT2D eigenvalue weighted by molar-refractivity contribution is 5.94. The molecule has 2 aromatic rings. The summed E-state index contributed by atoms with van der Waals surface area (Å²) in [6.07, 6.45) is 11.8. The van der Waals surface area contributed by atoms with Crippen molar-refractivity contribution >= 4 is 5.91 Å². The van der Waals surface area contributed by atoms with Gasteiger partial charge in [0, 0.05) is 44.1 Å². The van der Waals surface area contributed by atoms with Gasteiger partial charge in [0.1, 0.15) is 0 Å². The Hall–Kier alpha value is -2.14. The van der Waals surface area contributed by atoms with E-state index in [1.165, 1.54) is 37.9 Å². The Labute approximate surface area is 162 Å². The minimum atomic E-state index is 0.181. The van der Waals surface area contributed by atoms with Gasteiger partial charge in [0.05, 0.1) is 6.33 Å². The summed E-state index contributed by atoms with van der Waals surface area (Å²) < 4.78 is 2.14. The number of rotatable bonds is 5. The molecule has 1 amide bonds. The zero-order valence-electron chi connectivity index (χ0n) is 16.1. The van der Waals surface area contributed by atoms with E-state index in [2.05, 4.69) is 26.6 Å². The van der Waals surface area contributed by atoms with Crippen molar-refractivity contribution in [2.45, 2.75) is 45.2 Å². The topological polar surface area (TPSA) is 41.4 Å². The fraction of sp³-hybridized carbons (Fsp3) is 0.545. The van der Waals surface area contributed by atoms with Crippen LogP contribution in [0, 0.1) is 5.92 Å². The molecule has 0 aliphatic carbocycles. The molecule has 1 aromatic carbocycles. The number of carbonyl (C=O) groups is 1. The summed E-state index contributed by atoms with van der Waals surface area (Å²) in [5.74, 6) is 0.816. The third-order valence-electron chi connectivity index (χ3n) is 5.99. The second kappa shape index (κ2) is 8.70. The van der Waals surface area contributed by atoms with Crippen molar-refractivity contribution in [1.82, 2.24) is 19.4 Å². The molecule has 0 unspecified atom stereocenters. The van der Waals surface area contributed by atoms with Gasteiger partial charge in [-0.2, -0.15) is 0 Å². The molecular formula is C22H30N4O. The zero-order valence-corrected chi connectivity index (χ0v) is 16.1. The molecule has 1 aromatic heterocycles. The molecule has 2 aliphatic heterocycles. The molecule has 5 nitrogen and oxygen atoms in total. The maximum atomic E-state index is 12.8. The van der Waals surface area contributed by atoms with Crippen molar-refractivity contribution < 1.29 is 4.79 Å². The SMILES string of the molecule is O=C(c1ccc(CN2CCCCC2)cc1)N1CCC(Cn2ccnc2)CC1. The molecule has 0 atom stereocenters. The molecular weight excluding hydrogens is 336 g/mol. The maximum Gasteiger partial charge on any atom is 0.253 e. The second-order valence-corrected chi connectivity index (χ2v) is 8.03. The predicted molar refractivity (Wildman–Crippen MR) is 106 cm³/mol. The zero-order chi connectivity index (χ0) is 18.5. The molecule has 2 saturated heterocycles. The van der Waals surface area contributed by atoms with Crippen LogP contribution >= 0.6 is 0 Å². The van der Waals surface area contributed by atoms with Crippen LogP contribution in [0.25, 0.3) is 0 Å². The summed E-state index contributed by atoms with van der Waals surface area (Å²) in [7, 11) is 0. The number of aromatic nitrogens is 2. The van der Waals surface area contributed by atoms with Crippen molar-refractivity contribution in [1.29, 1.82) is 0 Å². The number of hydrogen-bond acceptors (Lipinski definition) is 3. The Kier molecular flexibility index (Phi) is 5.87. The maximum absolute atomic E-state index is 12.8. The number of nitrogens with zero attached hydrogens (tertiary/aromatic N) is 4. The van der Waals surface area contributed by atoms with Gasteiger partial charge >= 0.3 is 0 Å². The van der Waals surface area contributed by atoms with Crippen LogP contribution in [0.2, 0.25) is 0 Å². The summed E-state index contributed by atoms with van der Waals surface area (Å²) in [4.78, 5) is 21.5. The first-order chi connectivity index (χ1) is 13.3. The van der Waals surface area contributed by atoms with Crippen LogP contribution in [0.5, 0.6) is 0 Å². The van der Waals surface area contributed by atoms with Gasteiger partial charge in [-0.05, 0) is 62.4 Å². The van der Waals surface area contributed by atoms with Gasteiger partial charge in [-0.15, -0.1) is 0 Å². The number of hydrogen-bond donors (Lipinski definition) is 0. The van der Waals surface area contributed by atoms with E-state index in [-0.39, 0.29) is 5.91 Å². The van der Waals surface area contributed by atoms with E-state index in [0.29, 0.717) is 5.92 Å². The lowest BCUT2D eigenvalue weighted by Gasteiger charge is -2.32. The third kappa shape index (κ3) is 4.78. The van der Waals surface area contributed by atoms with Gasteiger partial charge in [0.2, 0.25) is 0 Å². The van der Waals surface area contributed by atoms with Crippen LogP contribution in [0.1, 0.15) is 48.0 Å². The van der Waals surface area contributed by atoms with Crippen LogP contribution < -0.4 is 0 Å². The molecule has 0 saturated carbocycles. The number of carbonyl (C=O) groups excluding carboxylic acids is 1. The number of amides is 1. The van der Waals surface area contributed by atoms with E-state index in [1.807, 2.05) is 35.8 Å². The van der Waals surface area contributed by atoms with Crippen LogP contribution in [0.15, 0.2) is 43.0 Å². The standard InChI is InChI=1S/C22H30N4O/c27-22(26-13-8-20(9-14-26)17-25-15-10-23-18-25)21-6-4-19(5-7-21)16-24-11-2-1-3-12-24/h4-7,10,15,18,20H,1-3,8-9,11-14,16-17H2. The smallest absolute Gasteiger partial charge is 0.253 e. The molecule has 5 heteroatoms. The molecule has 2 aliphatic rings. The normalized spacial score (nSPS) is 19.3. The molecule has 2 fully saturated rings. The van der Waals surface area contributed by atoms with E-state index in [4.69, 9.17) is 0 Å². The summed E-state index contributed by atoms with van der Waals surface area (Å²) in [5, 5.41) is 0. The van der Waals surface area contributed by atoms with Gasteiger partial charge in [0.25, 0.3) is 5.91 Å². The summed E-state index contributed by atoms with van der Waals surface area (Å²) in [5.41, 5.74) is 2.14. The average Bonchev–Trinajstić information content (AvgIpc) is 3.22. The monoisotopic (exact) mass is 366 g/mol. The van der Waals surface area contributed by atoms with E-state index in [1.54, 1.807) is 0 Å². The highest BCUT2D eigenvalue weighted by atomic mass is 16.2. The summed E-state index contributed by atoms with van der Waals surface area (Å²) in [6, 6.07) is 8.29. The van der Waals surface area contributed by atoms with Gasteiger partial charge < -0.3 is 9.47 Å². The molecule has 144 valence electrons. The van der Waals surface area contributed by atoms with Crippen molar-refractivity contribution in [2.24, 2.45) is 5.92 Å². The van der Waals surface area contributed by atoms with E-state index in [0.717, 1.165) is 44.6 Å². The van der Waals surface area contributed by atoms with Gasteiger partial charge in [-0.1, -0.05) is 18.6 Å².